The molecule has 0 aliphatic carbocycles. The van der Waals surface area contributed by atoms with Gasteiger partial charge in [-0.15, -0.1) is 0 Å². The summed E-state index contributed by atoms with van der Waals surface area (Å²) in [5, 5.41) is 4.01. The third-order valence-electron chi connectivity index (χ3n) is 4.25. The quantitative estimate of drug-likeness (QED) is 0.575. The van der Waals surface area contributed by atoms with Crippen LogP contribution in [0.1, 0.15) is 0 Å². The summed E-state index contributed by atoms with van der Waals surface area (Å²) in [5.74, 6) is 0.0986. The Morgan fingerprint density at radius 2 is 1.78 bits per heavy atom. The first-order valence-electron chi connectivity index (χ1n) is 8.52. The summed E-state index contributed by atoms with van der Waals surface area (Å²) in [6.45, 7) is 0. The first-order valence-corrected chi connectivity index (χ1v) is 8.52. The molecule has 2 aromatic heterocycles. The Balaban J connectivity index is 1.65. The lowest BCUT2D eigenvalue weighted by Gasteiger charge is -2.13. The van der Waals surface area contributed by atoms with Gasteiger partial charge in [0.15, 0.2) is 17.5 Å². The SMILES string of the molecule is CN(C)c1ccc(-c2ncc(F)c(Nc3ccc4ncccc4c3)n2)cc1. The van der Waals surface area contributed by atoms with Crippen LogP contribution in [0.25, 0.3) is 22.3 Å². The zero-order chi connectivity index (χ0) is 18.8. The van der Waals surface area contributed by atoms with E-state index in [1.165, 1.54) is 6.20 Å². The molecule has 5 nitrogen and oxygen atoms in total. The van der Waals surface area contributed by atoms with Crippen molar-refractivity contribution in [3.8, 4) is 11.4 Å². The van der Waals surface area contributed by atoms with Gasteiger partial charge in [-0.2, -0.15) is 0 Å². The van der Waals surface area contributed by atoms with E-state index in [1.54, 1.807) is 6.20 Å². The molecule has 4 rings (SSSR count). The van der Waals surface area contributed by atoms with Crippen molar-refractivity contribution in [1.82, 2.24) is 15.0 Å². The summed E-state index contributed by atoms with van der Waals surface area (Å²) in [6.07, 6.45) is 2.93. The maximum Gasteiger partial charge on any atom is 0.184 e. The third-order valence-corrected chi connectivity index (χ3v) is 4.25. The highest BCUT2D eigenvalue weighted by atomic mass is 19.1. The van der Waals surface area contributed by atoms with E-state index < -0.39 is 5.82 Å². The number of nitrogens with zero attached hydrogens (tertiary/aromatic N) is 4. The van der Waals surface area contributed by atoms with Crippen LogP contribution >= 0.6 is 0 Å². The van der Waals surface area contributed by atoms with E-state index in [-0.39, 0.29) is 5.82 Å². The number of hydrogen-bond donors (Lipinski definition) is 1. The van der Waals surface area contributed by atoms with E-state index in [0.29, 0.717) is 5.82 Å². The number of aromatic nitrogens is 3. The smallest absolute Gasteiger partial charge is 0.184 e. The average Bonchev–Trinajstić information content (AvgIpc) is 2.69. The molecule has 0 fully saturated rings. The molecule has 1 N–H and O–H groups in total. The fraction of sp³-hybridized carbons (Fsp3) is 0.0952. The lowest BCUT2D eigenvalue weighted by molar-refractivity contribution is 0.619. The Kier molecular flexibility index (Phi) is 4.38. The maximum absolute atomic E-state index is 14.2. The van der Waals surface area contributed by atoms with Gasteiger partial charge in [0.2, 0.25) is 0 Å². The van der Waals surface area contributed by atoms with E-state index in [4.69, 9.17) is 0 Å². The molecule has 0 amide bonds. The van der Waals surface area contributed by atoms with Gasteiger partial charge >= 0.3 is 0 Å². The van der Waals surface area contributed by atoms with Gasteiger partial charge in [-0.3, -0.25) is 4.98 Å². The Labute approximate surface area is 156 Å². The van der Waals surface area contributed by atoms with E-state index in [2.05, 4.69) is 20.3 Å². The number of anilines is 3. The van der Waals surface area contributed by atoms with Gasteiger partial charge in [-0.1, -0.05) is 6.07 Å². The van der Waals surface area contributed by atoms with Crippen molar-refractivity contribution in [2.75, 3.05) is 24.3 Å². The second-order valence-electron chi connectivity index (χ2n) is 6.37. The van der Waals surface area contributed by atoms with Crippen LogP contribution in [0.3, 0.4) is 0 Å². The van der Waals surface area contributed by atoms with Crippen molar-refractivity contribution >= 4 is 28.1 Å². The molecule has 2 heterocycles. The number of halogens is 1. The molecular formula is C21H18FN5. The van der Waals surface area contributed by atoms with Gasteiger partial charge in [-0.25, -0.2) is 14.4 Å². The Morgan fingerprint density at radius 3 is 2.56 bits per heavy atom. The first kappa shape index (κ1) is 16.9. The van der Waals surface area contributed by atoms with Crippen LogP contribution in [-0.2, 0) is 0 Å². The summed E-state index contributed by atoms with van der Waals surface area (Å²) in [7, 11) is 3.95. The minimum Gasteiger partial charge on any atom is -0.378 e. The van der Waals surface area contributed by atoms with Gasteiger partial charge in [-0.05, 0) is 48.5 Å². The number of benzene rings is 2. The van der Waals surface area contributed by atoms with Crippen molar-refractivity contribution in [2.24, 2.45) is 0 Å². The van der Waals surface area contributed by atoms with Crippen LogP contribution in [0.15, 0.2) is 67.0 Å². The highest BCUT2D eigenvalue weighted by Gasteiger charge is 2.10. The average molecular weight is 359 g/mol. The topological polar surface area (TPSA) is 53.9 Å². The van der Waals surface area contributed by atoms with E-state index >= 15 is 0 Å². The summed E-state index contributed by atoms with van der Waals surface area (Å²) < 4.78 is 14.2. The first-order chi connectivity index (χ1) is 13.1. The highest BCUT2D eigenvalue weighted by Crippen LogP contribution is 2.25. The van der Waals surface area contributed by atoms with Crippen LogP contribution < -0.4 is 10.2 Å². The number of rotatable bonds is 4. The van der Waals surface area contributed by atoms with Crippen molar-refractivity contribution in [1.29, 1.82) is 0 Å². The number of pyridine rings is 1. The molecule has 0 atom stereocenters. The molecule has 0 unspecified atom stereocenters. The normalized spacial score (nSPS) is 10.8. The van der Waals surface area contributed by atoms with Gasteiger partial charge in [0, 0.05) is 42.6 Å². The summed E-state index contributed by atoms with van der Waals surface area (Å²) in [6, 6.07) is 17.3. The van der Waals surface area contributed by atoms with Crippen LogP contribution in [0.2, 0.25) is 0 Å². The van der Waals surface area contributed by atoms with Crippen LogP contribution in [0.5, 0.6) is 0 Å². The molecule has 0 bridgehead atoms. The predicted molar refractivity (Wildman–Crippen MR) is 107 cm³/mol. The molecule has 0 radical (unpaired) electrons. The van der Waals surface area contributed by atoms with Gasteiger partial charge < -0.3 is 10.2 Å². The van der Waals surface area contributed by atoms with Crippen LogP contribution in [0.4, 0.5) is 21.6 Å². The maximum atomic E-state index is 14.2. The number of fused-ring (bicyclic) bond motifs is 1. The molecule has 0 aliphatic rings. The monoisotopic (exact) mass is 359 g/mol. The van der Waals surface area contributed by atoms with Gasteiger partial charge in [0.05, 0.1) is 11.7 Å². The van der Waals surface area contributed by atoms with Gasteiger partial charge in [0.1, 0.15) is 0 Å². The highest BCUT2D eigenvalue weighted by molar-refractivity contribution is 5.83. The largest absolute Gasteiger partial charge is 0.378 e. The minimum atomic E-state index is -0.505. The van der Waals surface area contributed by atoms with Crippen molar-refractivity contribution in [3.05, 3.63) is 72.8 Å². The number of hydrogen-bond acceptors (Lipinski definition) is 5. The summed E-state index contributed by atoms with van der Waals surface area (Å²) in [4.78, 5) is 14.8. The number of nitrogens with one attached hydrogen (secondary N) is 1. The summed E-state index contributed by atoms with van der Waals surface area (Å²) in [5.41, 5.74) is 3.52. The Bertz CT molecular complexity index is 1090. The van der Waals surface area contributed by atoms with E-state index in [0.717, 1.165) is 27.8 Å². The third kappa shape index (κ3) is 3.55. The molecule has 0 aliphatic heterocycles. The fourth-order valence-corrected chi connectivity index (χ4v) is 2.79. The lowest BCUT2D eigenvalue weighted by atomic mass is 10.2. The zero-order valence-electron chi connectivity index (χ0n) is 15.0. The molecular weight excluding hydrogens is 341 g/mol. The Hall–Kier alpha value is -3.54. The van der Waals surface area contributed by atoms with E-state index in [1.807, 2.05) is 73.6 Å². The van der Waals surface area contributed by atoms with Crippen molar-refractivity contribution in [2.45, 2.75) is 0 Å². The second kappa shape index (κ2) is 6.99. The Morgan fingerprint density at radius 1 is 0.963 bits per heavy atom. The van der Waals surface area contributed by atoms with Crippen LogP contribution in [0, 0.1) is 5.82 Å². The van der Waals surface area contributed by atoms with Gasteiger partial charge in [0.25, 0.3) is 0 Å². The molecule has 134 valence electrons. The van der Waals surface area contributed by atoms with Crippen LogP contribution in [-0.4, -0.2) is 29.0 Å². The van der Waals surface area contributed by atoms with Crippen molar-refractivity contribution < 1.29 is 4.39 Å². The molecule has 4 aromatic rings. The second-order valence-corrected chi connectivity index (χ2v) is 6.37. The minimum absolute atomic E-state index is 0.139. The zero-order valence-corrected chi connectivity index (χ0v) is 15.0. The molecule has 6 heteroatoms. The predicted octanol–water partition coefficient (Wildman–Crippen LogP) is 4.64. The molecule has 27 heavy (non-hydrogen) atoms. The van der Waals surface area contributed by atoms with E-state index in [9.17, 15) is 4.39 Å². The van der Waals surface area contributed by atoms with Crippen molar-refractivity contribution in [3.63, 3.8) is 0 Å². The fourth-order valence-electron chi connectivity index (χ4n) is 2.79. The molecule has 0 spiro atoms. The summed E-state index contributed by atoms with van der Waals surface area (Å²) >= 11 is 0. The molecule has 2 aromatic carbocycles. The standard InChI is InChI=1S/C21H18FN5/c1-27(2)17-8-5-14(6-9-17)20-24-13-18(22)21(26-20)25-16-7-10-19-15(12-16)4-3-11-23-19/h3-13H,1-2H3,(H,24,25,26). The molecule has 0 saturated carbocycles. The molecule has 0 saturated heterocycles. The lowest BCUT2D eigenvalue weighted by Crippen LogP contribution is -2.08.